The van der Waals surface area contributed by atoms with Crippen molar-refractivity contribution in [3.05, 3.63) is 47.3 Å². The van der Waals surface area contributed by atoms with E-state index in [1.165, 1.54) is 11.1 Å². The van der Waals surface area contributed by atoms with Crippen LogP contribution in [0, 0.1) is 6.92 Å². The van der Waals surface area contributed by atoms with Gasteiger partial charge in [0.15, 0.2) is 5.75 Å². The second-order valence-electron chi connectivity index (χ2n) is 5.16. The lowest BCUT2D eigenvalue weighted by molar-refractivity contribution is 0.398. The quantitative estimate of drug-likeness (QED) is 0.849. The number of nitrogens with one attached hydrogen (secondary N) is 1. The van der Waals surface area contributed by atoms with Crippen molar-refractivity contribution in [2.75, 3.05) is 13.7 Å². The Morgan fingerprint density at radius 2 is 2.05 bits per heavy atom. The molecular weight excluding hydrogens is 262 g/mol. The number of ether oxygens (including phenoxy) is 1. The molecule has 1 N–H and O–H groups in total. The van der Waals surface area contributed by atoms with E-state index in [1.807, 2.05) is 4.68 Å². The highest BCUT2D eigenvalue weighted by Crippen LogP contribution is 2.31. The van der Waals surface area contributed by atoms with Gasteiger partial charge in [-0.05, 0) is 37.9 Å². The minimum Gasteiger partial charge on any atom is -0.493 e. The molecule has 0 aliphatic carbocycles. The molecule has 0 saturated heterocycles. The molecule has 1 aromatic carbocycles. The summed E-state index contributed by atoms with van der Waals surface area (Å²) in [6, 6.07) is 8.58. The predicted octanol–water partition coefficient (Wildman–Crippen LogP) is 3.31. The van der Waals surface area contributed by atoms with Crippen LogP contribution in [0.3, 0.4) is 0 Å². The number of hydrogen-bond donors (Lipinski definition) is 1. The van der Waals surface area contributed by atoms with Gasteiger partial charge in [0.1, 0.15) is 5.69 Å². The van der Waals surface area contributed by atoms with Crippen molar-refractivity contribution in [3.8, 4) is 5.75 Å². The average Bonchev–Trinajstić information content (AvgIpc) is 2.92. The fourth-order valence-corrected chi connectivity index (χ4v) is 2.63. The highest BCUT2D eigenvalue weighted by molar-refractivity contribution is 5.40. The lowest BCUT2D eigenvalue weighted by Gasteiger charge is -2.23. The first-order valence-corrected chi connectivity index (χ1v) is 7.61. The molecule has 0 fully saturated rings. The maximum atomic E-state index is 5.53. The third-order valence-electron chi connectivity index (χ3n) is 3.74. The Hall–Kier alpha value is -1.81. The molecule has 1 unspecified atom stereocenters. The molecule has 2 aromatic rings. The van der Waals surface area contributed by atoms with Crippen LogP contribution in [0.5, 0.6) is 5.75 Å². The normalized spacial score (nSPS) is 12.4. The third kappa shape index (κ3) is 3.27. The van der Waals surface area contributed by atoms with Crippen molar-refractivity contribution in [2.24, 2.45) is 0 Å². The number of aromatic nitrogens is 2. The second-order valence-corrected chi connectivity index (χ2v) is 5.16. The Morgan fingerprint density at radius 3 is 2.67 bits per heavy atom. The van der Waals surface area contributed by atoms with E-state index in [2.05, 4.69) is 55.5 Å². The van der Waals surface area contributed by atoms with Crippen molar-refractivity contribution in [1.82, 2.24) is 15.1 Å². The summed E-state index contributed by atoms with van der Waals surface area (Å²) in [5.74, 6) is 0.841. The van der Waals surface area contributed by atoms with Crippen LogP contribution in [0.1, 0.15) is 43.1 Å². The molecule has 21 heavy (non-hydrogen) atoms. The van der Waals surface area contributed by atoms with Crippen LogP contribution in [-0.2, 0) is 6.54 Å². The van der Waals surface area contributed by atoms with Crippen molar-refractivity contribution in [1.29, 1.82) is 0 Å². The topological polar surface area (TPSA) is 39.1 Å². The van der Waals surface area contributed by atoms with Crippen LogP contribution in [0.2, 0.25) is 0 Å². The minimum atomic E-state index is 0.101. The smallest absolute Gasteiger partial charge is 0.161 e. The molecule has 1 heterocycles. The number of nitrogens with zero attached hydrogens (tertiary/aromatic N) is 2. The third-order valence-corrected chi connectivity index (χ3v) is 3.74. The van der Waals surface area contributed by atoms with Crippen molar-refractivity contribution in [3.63, 3.8) is 0 Å². The summed E-state index contributed by atoms with van der Waals surface area (Å²) in [6.45, 7) is 8.21. The maximum Gasteiger partial charge on any atom is 0.161 e. The Morgan fingerprint density at radius 1 is 1.29 bits per heavy atom. The standard InChI is InChI=1S/C17H25N3O/c1-5-11-18-16(14-10-8-7-9-13(14)3)17-15(21-4)12-19-20(17)6-2/h7-10,12,16,18H,5-6,11H2,1-4H3. The zero-order chi connectivity index (χ0) is 15.2. The number of hydrogen-bond acceptors (Lipinski definition) is 3. The predicted molar refractivity (Wildman–Crippen MR) is 85.8 cm³/mol. The van der Waals surface area contributed by atoms with Crippen LogP contribution in [0.4, 0.5) is 0 Å². The Labute approximate surface area is 127 Å². The summed E-state index contributed by atoms with van der Waals surface area (Å²) in [7, 11) is 1.70. The molecule has 114 valence electrons. The number of aryl methyl sites for hydroxylation is 2. The van der Waals surface area contributed by atoms with Gasteiger partial charge in [-0.3, -0.25) is 4.68 Å². The lowest BCUT2D eigenvalue weighted by atomic mass is 9.98. The van der Waals surface area contributed by atoms with Gasteiger partial charge in [0.05, 0.1) is 19.3 Å². The lowest BCUT2D eigenvalue weighted by Crippen LogP contribution is -2.26. The summed E-state index contributed by atoms with van der Waals surface area (Å²) < 4.78 is 7.54. The van der Waals surface area contributed by atoms with Gasteiger partial charge >= 0.3 is 0 Å². The van der Waals surface area contributed by atoms with Crippen LogP contribution in [-0.4, -0.2) is 23.4 Å². The largest absolute Gasteiger partial charge is 0.493 e. The fraction of sp³-hybridized carbons (Fsp3) is 0.471. The van der Waals surface area contributed by atoms with Gasteiger partial charge in [0.2, 0.25) is 0 Å². The molecule has 2 rings (SSSR count). The molecule has 1 atom stereocenters. The number of methoxy groups -OCH3 is 1. The van der Waals surface area contributed by atoms with Crippen LogP contribution in [0.25, 0.3) is 0 Å². The van der Waals surface area contributed by atoms with Gasteiger partial charge in [0.25, 0.3) is 0 Å². The molecule has 0 radical (unpaired) electrons. The van der Waals surface area contributed by atoms with Crippen molar-refractivity contribution in [2.45, 2.75) is 39.8 Å². The van der Waals surface area contributed by atoms with Crippen LogP contribution >= 0.6 is 0 Å². The first-order chi connectivity index (χ1) is 10.2. The SMILES string of the molecule is CCCNC(c1ccccc1C)c1c(OC)cnn1CC. The van der Waals surface area contributed by atoms with Gasteiger partial charge in [0, 0.05) is 6.54 Å². The van der Waals surface area contributed by atoms with Gasteiger partial charge in [-0.15, -0.1) is 0 Å². The molecule has 0 bridgehead atoms. The van der Waals surface area contributed by atoms with E-state index < -0.39 is 0 Å². The van der Waals surface area contributed by atoms with E-state index in [1.54, 1.807) is 13.3 Å². The summed E-state index contributed by atoms with van der Waals surface area (Å²) in [5, 5.41) is 8.08. The zero-order valence-corrected chi connectivity index (χ0v) is 13.4. The molecule has 0 spiro atoms. The molecule has 4 heteroatoms. The zero-order valence-electron chi connectivity index (χ0n) is 13.4. The Kier molecular flexibility index (Phi) is 5.39. The molecule has 4 nitrogen and oxygen atoms in total. The number of rotatable bonds is 7. The molecule has 0 saturated carbocycles. The van der Waals surface area contributed by atoms with Crippen LogP contribution < -0.4 is 10.1 Å². The Balaban J connectivity index is 2.50. The summed E-state index contributed by atoms with van der Waals surface area (Å²) in [5.41, 5.74) is 3.65. The van der Waals surface area contributed by atoms with E-state index in [0.29, 0.717) is 0 Å². The minimum absolute atomic E-state index is 0.101. The fourth-order valence-electron chi connectivity index (χ4n) is 2.63. The van der Waals surface area contributed by atoms with Crippen molar-refractivity contribution < 1.29 is 4.74 Å². The average molecular weight is 287 g/mol. The van der Waals surface area contributed by atoms with E-state index in [4.69, 9.17) is 4.74 Å². The van der Waals surface area contributed by atoms with Gasteiger partial charge in [-0.2, -0.15) is 5.10 Å². The highest BCUT2D eigenvalue weighted by atomic mass is 16.5. The van der Waals surface area contributed by atoms with Gasteiger partial charge in [-0.1, -0.05) is 31.2 Å². The summed E-state index contributed by atoms with van der Waals surface area (Å²) in [4.78, 5) is 0. The van der Waals surface area contributed by atoms with Gasteiger partial charge in [-0.25, -0.2) is 0 Å². The first-order valence-electron chi connectivity index (χ1n) is 7.61. The highest BCUT2D eigenvalue weighted by Gasteiger charge is 2.23. The molecule has 1 aromatic heterocycles. The molecule has 0 amide bonds. The molecule has 0 aliphatic rings. The maximum absolute atomic E-state index is 5.53. The van der Waals surface area contributed by atoms with E-state index in [0.717, 1.165) is 31.0 Å². The molecular formula is C17H25N3O. The second kappa shape index (κ2) is 7.27. The van der Waals surface area contributed by atoms with Crippen LogP contribution in [0.15, 0.2) is 30.5 Å². The van der Waals surface area contributed by atoms with Crippen molar-refractivity contribution >= 4 is 0 Å². The first kappa shape index (κ1) is 15.6. The van der Waals surface area contributed by atoms with Gasteiger partial charge < -0.3 is 10.1 Å². The van der Waals surface area contributed by atoms with E-state index in [-0.39, 0.29) is 6.04 Å². The van der Waals surface area contributed by atoms with E-state index >= 15 is 0 Å². The monoisotopic (exact) mass is 287 g/mol. The number of benzene rings is 1. The Bertz CT molecular complexity index is 556. The summed E-state index contributed by atoms with van der Waals surface area (Å²) in [6.07, 6.45) is 2.89. The van der Waals surface area contributed by atoms with E-state index in [9.17, 15) is 0 Å². The molecule has 0 aliphatic heterocycles. The summed E-state index contributed by atoms with van der Waals surface area (Å²) >= 11 is 0.